The molecular formula is C12H12BrN3O. The van der Waals surface area contributed by atoms with Gasteiger partial charge in [-0.25, -0.2) is 0 Å². The number of nitrogens with zero attached hydrogens (tertiary/aromatic N) is 1. The number of amides is 1. The molecule has 0 aliphatic heterocycles. The van der Waals surface area contributed by atoms with E-state index in [4.69, 9.17) is 11.0 Å². The van der Waals surface area contributed by atoms with Gasteiger partial charge < -0.3 is 11.1 Å². The van der Waals surface area contributed by atoms with E-state index in [-0.39, 0.29) is 5.91 Å². The number of benzene rings is 1. The van der Waals surface area contributed by atoms with E-state index in [1.165, 1.54) is 0 Å². The largest absolute Gasteiger partial charge is 0.324 e. The van der Waals surface area contributed by atoms with Gasteiger partial charge in [0.15, 0.2) is 0 Å². The van der Waals surface area contributed by atoms with Crippen LogP contribution in [-0.2, 0) is 4.79 Å². The molecule has 4 nitrogen and oxygen atoms in total. The van der Waals surface area contributed by atoms with E-state index in [1.54, 1.807) is 24.3 Å². The van der Waals surface area contributed by atoms with Crippen LogP contribution in [0.15, 0.2) is 35.3 Å². The first-order valence-electron chi connectivity index (χ1n) is 4.95. The molecule has 1 amide bonds. The number of nitriles is 1. The molecule has 1 unspecified atom stereocenters. The van der Waals surface area contributed by atoms with Crippen LogP contribution in [0.3, 0.4) is 0 Å². The highest BCUT2D eigenvalue weighted by Gasteiger charge is 2.13. The van der Waals surface area contributed by atoms with Crippen LogP contribution < -0.4 is 11.1 Å². The van der Waals surface area contributed by atoms with Crippen LogP contribution in [0.1, 0.15) is 12.0 Å². The van der Waals surface area contributed by atoms with Crippen LogP contribution >= 0.6 is 15.9 Å². The van der Waals surface area contributed by atoms with E-state index in [0.29, 0.717) is 22.1 Å². The maximum absolute atomic E-state index is 11.6. The Balaban J connectivity index is 2.79. The van der Waals surface area contributed by atoms with Crippen molar-refractivity contribution in [3.05, 3.63) is 40.9 Å². The number of carbonyl (C=O) groups is 1. The number of rotatable bonds is 4. The first-order chi connectivity index (χ1) is 8.08. The van der Waals surface area contributed by atoms with Gasteiger partial charge in [-0.05, 0) is 40.5 Å². The summed E-state index contributed by atoms with van der Waals surface area (Å²) < 4.78 is 0.649. The summed E-state index contributed by atoms with van der Waals surface area (Å²) in [5, 5.41) is 11.4. The number of carbonyl (C=O) groups excluding carboxylic acids is 1. The van der Waals surface area contributed by atoms with Crippen molar-refractivity contribution in [2.24, 2.45) is 5.73 Å². The van der Waals surface area contributed by atoms with Crippen LogP contribution in [0.25, 0.3) is 0 Å². The summed E-state index contributed by atoms with van der Waals surface area (Å²) in [7, 11) is 0. The highest BCUT2D eigenvalue weighted by atomic mass is 79.9. The molecule has 5 heteroatoms. The van der Waals surface area contributed by atoms with Gasteiger partial charge in [-0.15, -0.1) is 6.58 Å². The molecule has 3 N–H and O–H groups in total. The van der Waals surface area contributed by atoms with Crippen LogP contribution in [0.5, 0.6) is 0 Å². The molecule has 0 aromatic heterocycles. The van der Waals surface area contributed by atoms with Gasteiger partial charge >= 0.3 is 0 Å². The predicted octanol–water partition coefficient (Wildman–Crippen LogP) is 2.16. The minimum Gasteiger partial charge on any atom is -0.324 e. The lowest BCUT2D eigenvalue weighted by Crippen LogP contribution is -2.35. The van der Waals surface area contributed by atoms with Gasteiger partial charge in [-0.2, -0.15) is 5.26 Å². The van der Waals surface area contributed by atoms with Gasteiger partial charge in [0, 0.05) is 4.47 Å². The molecule has 88 valence electrons. The van der Waals surface area contributed by atoms with Gasteiger partial charge in [-0.1, -0.05) is 6.08 Å². The smallest absolute Gasteiger partial charge is 0.241 e. The van der Waals surface area contributed by atoms with E-state index in [1.807, 2.05) is 6.07 Å². The fraction of sp³-hybridized carbons (Fsp3) is 0.167. The Hall–Kier alpha value is -1.64. The second-order valence-electron chi connectivity index (χ2n) is 3.43. The van der Waals surface area contributed by atoms with Crippen molar-refractivity contribution in [1.29, 1.82) is 5.26 Å². The minimum absolute atomic E-state index is 0.282. The SMILES string of the molecule is C=CCC(N)C(=O)Nc1ccc(C#N)cc1Br. The summed E-state index contributed by atoms with van der Waals surface area (Å²) in [4.78, 5) is 11.6. The normalized spacial score (nSPS) is 11.4. The summed E-state index contributed by atoms with van der Waals surface area (Å²) in [6, 6.07) is 6.31. The molecule has 0 saturated carbocycles. The highest BCUT2D eigenvalue weighted by Crippen LogP contribution is 2.23. The third kappa shape index (κ3) is 3.70. The second kappa shape index (κ2) is 6.18. The molecule has 0 aliphatic carbocycles. The quantitative estimate of drug-likeness (QED) is 0.835. The number of hydrogen-bond acceptors (Lipinski definition) is 3. The molecule has 0 heterocycles. The van der Waals surface area contributed by atoms with Crippen molar-refractivity contribution in [3.8, 4) is 6.07 Å². The Bertz CT molecular complexity index is 479. The molecule has 0 fully saturated rings. The predicted molar refractivity (Wildman–Crippen MR) is 70.3 cm³/mol. The van der Waals surface area contributed by atoms with E-state index in [9.17, 15) is 4.79 Å². The monoisotopic (exact) mass is 293 g/mol. The molecule has 0 bridgehead atoms. The molecule has 0 spiro atoms. The Morgan fingerprint density at radius 1 is 1.71 bits per heavy atom. The number of hydrogen-bond donors (Lipinski definition) is 2. The average molecular weight is 294 g/mol. The minimum atomic E-state index is -0.616. The highest BCUT2D eigenvalue weighted by molar-refractivity contribution is 9.10. The molecular weight excluding hydrogens is 282 g/mol. The van der Waals surface area contributed by atoms with Crippen LogP contribution in [0, 0.1) is 11.3 Å². The van der Waals surface area contributed by atoms with E-state index < -0.39 is 6.04 Å². The Labute approximate surface area is 108 Å². The molecule has 0 aliphatic rings. The molecule has 1 aromatic carbocycles. The summed E-state index contributed by atoms with van der Waals surface area (Å²) in [6.45, 7) is 3.53. The van der Waals surface area contributed by atoms with Crippen molar-refractivity contribution in [3.63, 3.8) is 0 Å². The van der Waals surface area contributed by atoms with Crippen molar-refractivity contribution >= 4 is 27.5 Å². The van der Waals surface area contributed by atoms with E-state index >= 15 is 0 Å². The summed E-state index contributed by atoms with van der Waals surface area (Å²) >= 11 is 3.28. The molecule has 17 heavy (non-hydrogen) atoms. The van der Waals surface area contributed by atoms with E-state index in [0.717, 1.165) is 0 Å². The van der Waals surface area contributed by atoms with Gasteiger partial charge in [0.05, 0.1) is 23.4 Å². The number of nitrogens with one attached hydrogen (secondary N) is 1. The Morgan fingerprint density at radius 2 is 2.41 bits per heavy atom. The number of nitrogens with two attached hydrogens (primary N) is 1. The topological polar surface area (TPSA) is 78.9 Å². The van der Waals surface area contributed by atoms with Gasteiger partial charge in [0.2, 0.25) is 5.91 Å². The van der Waals surface area contributed by atoms with Crippen LogP contribution in [0.4, 0.5) is 5.69 Å². The zero-order valence-corrected chi connectivity index (χ0v) is 10.7. The van der Waals surface area contributed by atoms with Crippen molar-refractivity contribution < 1.29 is 4.79 Å². The zero-order chi connectivity index (χ0) is 12.8. The standard InChI is InChI=1S/C12H12BrN3O/c1-2-3-10(15)12(17)16-11-5-4-8(7-14)6-9(11)13/h2,4-6,10H,1,3,15H2,(H,16,17). The Kier molecular flexibility index (Phi) is 4.88. The number of anilines is 1. The first kappa shape index (κ1) is 13.4. The van der Waals surface area contributed by atoms with Crippen molar-refractivity contribution in [2.45, 2.75) is 12.5 Å². The first-order valence-corrected chi connectivity index (χ1v) is 5.74. The lowest BCUT2D eigenvalue weighted by molar-refractivity contribution is -0.117. The molecule has 0 saturated heterocycles. The van der Waals surface area contributed by atoms with E-state index in [2.05, 4.69) is 27.8 Å². The van der Waals surface area contributed by atoms with Gasteiger partial charge in [0.1, 0.15) is 0 Å². The second-order valence-corrected chi connectivity index (χ2v) is 4.28. The van der Waals surface area contributed by atoms with Gasteiger partial charge in [0.25, 0.3) is 0 Å². The lowest BCUT2D eigenvalue weighted by Gasteiger charge is -2.11. The lowest BCUT2D eigenvalue weighted by atomic mass is 10.2. The maximum Gasteiger partial charge on any atom is 0.241 e. The summed E-state index contributed by atoms with van der Waals surface area (Å²) in [5.74, 6) is -0.282. The third-order valence-electron chi connectivity index (χ3n) is 2.11. The molecule has 1 aromatic rings. The zero-order valence-electron chi connectivity index (χ0n) is 9.11. The average Bonchev–Trinajstić information content (AvgIpc) is 2.31. The fourth-order valence-electron chi connectivity index (χ4n) is 1.20. The van der Waals surface area contributed by atoms with Crippen LogP contribution in [-0.4, -0.2) is 11.9 Å². The van der Waals surface area contributed by atoms with Crippen molar-refractivity contribution in [1.82, 2.24) is 0 Å². The summed E-state index contributed by atoms with van der Waals surface area (Å²) in [5.41, 5.74) is 6.74. The van der Waals surface area contributed by atoms with Crippen LogP contribution in [0.2, 0.25) is 0 Å². The maximum atomic E-state index is 11.6. The van der Waals surface area contributed by atoms with Gasteiger partial charge in [-0.3, -0.25) is 4.79 Å². The molecule has 1 rings (SSSR count). The molecule has 0 radical (unpaired) electrons. The van der Waals surface area contributed by atoms with Crippen molar-refractivity contribution in [2.75, 3.05) is 5.32 Å². The molecule has 1 atom stereocenters. The number of halogens is 1. The third-order valence-corrected chi connectivity index (χ3v) is 2.77. The fourth-order valence-corrected chi connectivity index (χ4v) is 1.68. The summed E-state index contributed by atoms with van der Waals surface area (Å²) in [6.07, 6.45) is 2.01. The Morgan fingerprint density at radius 3 is 2.94 bits per heavy atom.